The Hall–Kier alpha value is -3.74. The van der Waals surface area contributed by atoms with E-state index in [0.717, 1.165) is 11.3 Å². The Morgan fingerprint density at radius 3 is 2.52 bits per heavy atom. The van der Waals surface area contributed by atoms with Crippen molar-refractivity contribution in [3.05, 3.63) is 82.0 Å². The molecule has 0 saturated carbocycles. The number of ether oxygens (including phenoxy) is 1. The normalized spacial score (nSPS) is 11.0. The lowest BCUT2D eigenvalue weighted by Crippen LogP contribution is -2.24. The van der Waals surface area contributed by atoms with Crippen molar-refractivity contribution in [2.75, 3.05) is 7.11 Å². The molecule has 2 aromatic heterocycles. The first kappa shape index (κ1) is 18.6. The van der Waals surface area contributed by atoms with Gasteiger partial charge in [-0.15, -0.1) is 0 Å². The van der Waals surface area contributed by atoms with Crippen molar-refractivity contribution in [2.45, 2.75) is 20.4 Å². The molecule has 0 radical (unpaired) electrons. The van der Waals surface area contributed by atoms with Crippen LogP contribution in [0.4, 0.5) is 0 Å². The van der Waals surface area contributed by atoms with Gasteiger partial charge in [-0.2, -0.15) is 5.10 Å². The van der Waals surface area contributed by atoms with Crippen molar-refractivity contribution < 1.29 is 9.53 Å². The number of nitrogens with zero attached hydrogens (tertiary/aromatic N) is 4. The topological polar surface area (TPSA) is 79.0 Å². The van der Waals surface area contributed by atoms with Crippen molar-refractivity contribution in [1.29, 1.82) is 0 Å². The molecule has 0 saturated heterocycles. The average Bonchev–Trinajstić information content (AvgIpc) is 3.17. The van der Waals surface area contributed by atoms with E-state index >= 15 is 0 Å². The average molecular weight is 388 g/mol. The predicted molar refractivity (Wildman–Crippen MR) is 110 cm³/mol. The lowest BCUT2D eigenvalue weighted by Gasteiger charge is -2.08. The highest BCUT2D eigenvalue weighted by molar-refractivity contribution is 5.96. The van der Waals surface area contributed by atoms with Crippen LogP contribution in [0.15, 0.2) is 59.8 Å². The highest BCUT2D eigenvalue weighted by Gasteiger charge is 2.14. The summed E-state index contributed by atoms with van der Waals surface area (Å²) in [5.41, 5.74) is 3.81. The van der Waals surface area contributed by atoms with E-state index in [4.69, 9.17) is 4.74 Å². The maximum Gasteiger partial charge on any atom is 0.264 e. The van der Waals surface area contributed by atoms with Gasteiger partial charge in [0.1, 0.15) is 17.5 Å². The minimum absolute atomic E-state index is 0.0943. The fourth-order valence-electron chi connectivity index (χ4n) is 3.13. The van der Waals surface area contributed by atoms with Gasteiger partial charge in [0.05, 0.1) is 25.5 Å². The van der Waals surface area contributed by atoms with Gasteiger partial charge >= 0.3 is 0 Å². The van der Waals surface area contributed by atoms with Crippen LogP contribution in [-0.4, -0.2) is 32.2 Å². The molecule has 0 spiro atoms. The number of rotatable bonds is 5. The van der Waals surface area contributed by atoms with Crippen LogP contribution < -0.4 is 10.3 Å². The van der Waals surface area contributed by atoms with Gasteiger partial charge in [0.2, 0.25) is 0 Å². The third-order valence-electron chi connectivity index (χ3n) is 5.02. The third kappa shape index (κ3) is 3.42. The number of ketones is 1. The highest BCUT2D eigenvalue weighted by Crippen LogP contribution is 2.17. The van der Waals surface area contributed by atoms with Gasteiger partial charge in [-0.25, -0.2) is 9.67 Å². The fourth-order valence-corrected chi connectivity index (χ4v) is 3.13. The molecule has 0 N–H and O–H groups in total. The maximum atomic E-state index is 12.9. The Morgan fingerprint density at radius 2 is 1.83 bits per heavy atom. The van der Waals surface area contributed by atoms with Gasteiger partial charge in [0, 0.05) is 5.56 Å². The maximum absolute atomic E-state index is 12.9. The summed E-state index contributed by atoms with van der Waals surface area (Å²) >= 11 is 0. The number of benzene rings is 2. The molecule has 0 atom stereocenters. The second kappa shape index (κ2) is 7.35. The van der Waals surface area contributed by atoms with Crippen LogP contribution in [0.1, 0.15) is 21.5 Å². The molecular weight excluding hydrogens is 368 g/mol. The van der Waals surface area contributed by atoms with E-state index in [-0.39, 0.29) is 17.9 Å². The van der Waals surface area contributed by atoms with Crippen molar-refractivity contribution >= 4 is 16.8 Å². The molecule has 146 valence electrons. The van der Waals surface area contributed by atoms with E-state index in [2.05, 4.69) is 10.1 Å². The second-order valence-electron chi connectivity index (χ2n) is 6.89. The van der Waals surface area contributed by atoms with Gasteiger partial charge in [0.15, 0.2) is 11.4 Å². The Bertz CT molecular complexity index is 1270. The number of aryl methyl sites for hydroxylation is 2. The Morgan fingerprint density at radius 1 is 1.07 bits per heavy atom. The molecule has 0 aliphatic carbocycles. The zero-order valence-electron chi connectivity index (χ0n) is 16.4. The van der Waals surface area contributed by atoms with Crippen molar-refractivity contribution in [1.82, 2.24) is 19.3 Å². The standard InChI is InChI=1S/C22H20N4O3/c1-14-4-7-17(10-15(14)2)26-21-19(11-24-26)22(28)25(13-23-21)12-20(27)16-5-8-18(29-3)9-6-16/h4-11,13H,12H2,1-3H3. The molecule has 0 amide bonds. The molecule has 2 aromatic carbocycles. The molecule has 7 heteroatoms. The molecule has 0 fully saturated rings. The summed E-state index contributed by atoms with van der Waals surface area (Å²) in [4.78, 5) is 29.8. The smallest absolute Gasteiger partial charge is 0.264 e. The van der Waals surface area contributed by atoms with Crippen LogP contribution in [0.3, 0.4) is 0 Å². The van der Waals surface area contributed by atoms with E-state index in [0.29, 0.717) is 22.3 Å². The Balaban J connectivity index is 1.67. The summed E-state index contributed by atoms with van der Waals surface area (Å²) in [6.07, 6.45) is 2.89. The third-order valence-corrected chi connectivity index (χ3v) is 5.02. The number of carbonyl (C=O) groups excluding carboxylic acids is 1. The van der Waals surface area contributed by atoms with Gasteiger partial charge in [-0.05, 0) is 61.4 Å². The molecule has 4 aromatic rings. The van der Waals surface area contributed by atoms with Crippen molar-refractivity contribution in [3.8, 4) is 11.4 Å². The van der Waals surface area contributed by atoms with Gasteiger partial charge in [-0.3, -0.25) is 14.2 Å². The first-order valence-corrected chi connectivity index (χ1v) is 9.16. The van der Waals surface area contributed by atoms with Gasteiger partial charge in [0.25, 0.3) is 5.56 Å². The first-order chi connectivity index (χ1) is 14.0. The lowest BCUT2D eigenvalue weighted by molar-refractivity contribution is 0.0970. The number of methoxy groups -OCH3 is 1. The van der Waals surface area contributed by atoms with Crippen LogP contribution in [0.5, 0.6) is 5.75 Å². The number of Topliss-reactive ketones (excluding diaryl/α,β-unsaturated/α-hetero) is 1. The minimum Gasteiger partial charge on any atom is -0.497 e. The first-order valence-electron chi connectivity index (χ1n) is 9.16. The predicted octanol–water partition coefficient (Wildman–Crippen LogP) is 3.09. The largest absolute Gasteiger partial charge is 0.497 e. The van der Waals surface area contributed by atoms with E-state index in [1.54, 1.807) is 36.1 Å². The number of hydrogen-bond acceptors (Lipinski definition) is 5. The summed E-state index contributed by atoms with van der Waals surface area (Å²) in [5, 5.41) is 4.71. The number of fused-ring (bicyclic) bond motifs is 1. The molecular formula is C22H20N4O3. The molecule has 7 nitrogen and oxygen atoms in total. The second-order valence-corrected chi connectivity index (χ2v) is 6.89. The van der Waals surface area contributed by atoms with Crippen molar-refractivity contribution in [2.24, 2.45) is 0 Å². The SMILES string of the molecule is COc1ccc(C(=O)Cn2cnc3c(cnn3-c3ccc(C)c(C)c3)c2=O)cc1. The minimum atomic E-state index is -0.299. The Labute approximate surface area is 167 Å². The summed E-state index contributed by atoms with van der Waals surface area (Å²) in [6, 6.07) is 12.7. The monoisotopic (exact) mass is 388 g/mol. The van der Waals surface area contributed by atoms with Crippen LogP contribution in [0, 0.1) is 13.8 Å². The molecule has 2 heterocycles. The number of carbonyl (C=O) groups is 1. The molecule has 0 aliphatic rings. The van der Waals surface area contributed by atoms with Gasteiger partial charge < -0.3 is 4.74 Å². The number of aromatic nitrogens is 4. The molecule has 4 rings (SSSR count). The highest BCUT2D eigenvalue weighted by atomic mass is 16.5. The van der Waals surface area contributed by atoms with E-state index in [1.807, 2.05) is 32.0 Å². The van der Waals surface area contributed by atoms with Crippen molar-refractivity contribution in [3.63, 3.8) is 0 Å². The molecule has 29 heavy (non-hydrogen) atoms. The zero-order chi connectivity index (χ0) is 20.5. The number of hydrogen-bond donors (Lipinski definition) is 0. The summed E-state index contributed by atoms with van der Waals surface area (Å²) in [5.74, 6) is 0.484. The fraction of sp³-hybridized carbons (Fsp3) is 0.182. The van der Waals surface area contributed by atoms with E-state index < -0.39 is 0 Å². The van der Waals surface area contributed by atoms with E-state index in [1.165, 1.54) is 22.7 Å². The quantitative estimate of drug-likeness (QED) is 0.491. The summed E-state index contributed by atoms with van der Waals surface area (Å²) in [6.45, 7) is 3.97. The molecule has 0 bridgehead atoms. The lowest BCUT2D eigenvalue weighted by atomic mass is 10.1. The van der Waals surface area contributed by atoms with E-state index in [9.17, 15) is 9.59 Å². The summed E-state index contributed by atoms with van der Waals surface area (Å²) in [7, 11) is 1.56. The van der Waals surface area contributed by atoms with Crippen LogP contribution in [0.25, 0.3) is 16.7 Å². The summed E-state index contributed by atoms with van der Waals surface area (Å²) < 4.78 is 8.05. The van der Waals surface area contributed by atoms with Gasteiger partial charge in [-0.1, -0.05) is 6.07 Å². The van der Waals surface area contributed by atoms with Crippen LogP contribution >= 0.6 is 0 Å². The Kier molecular flexibility index (Phi) is 4.72. The zero-order valence-corrected chi connectivity index (χ0v) is 16.4. The molecule has 0 aliphatic heterocycles. The van der Waals surface area contributed by atoms with Crippen LogP contribution in [-0.2, 0) is 6.54 Å². The molecule has 0 unspecified atom stereocenters. The van der Waals surface area contributed by atoms with Crippen LogP contribution in [0.2, 0.25) is 0 Å².